The smallest absolute Gasteiger partial charge is 0.475 e. The summed E-state index contributed by atoms with van der Waals surface area (Å²) in [6.45, 7) is 0. The van der Waals surface area contributed by atoms with Crippen molar-refractivity contribution in [2.45, 2.75) is 18.6 Å². The van der Waals surface area contributed by atoms with Crippen LogP contribution in [-0.2, 0) is 24.3 Å². The van der Waals surface area contributed by atoms with Crippen LogP contribution in [0.2, 0.25) is 5.02 Å². The number of carbonyl (C=O) groups is 3. The maximum Gasteiger partial charge on any atom is 0.490 e. The number of carboxylic acid groups (broad SMARTS) is 1. The van der Waals surface area contributed by atoms with Crippen LogP contribution >= 0.6 is 11.6 Å². The van der Waals surface area contributed by atoms with Crippen LogP contribution in [-0.4, -0.2) is 80.7 Å². The third-order valence-electron chi connectivity index (χ3n) is 6.35. The lowest BCUT2D eigenvalue weighted by Crippen LogP contribution is -2.27. The number of fused-ring (bicyclic) bond motifs is 4. The number of rotatable bonds is 5. The van der Waals surface area contributed by atoms with E-state index in [0.717, 1.165) is 0 Å². The Balaban J connectivity index is 0.000000698. The first-order valence-corrected chi connectivity index (χ1v) is 15.7. The Morgan fingerprint density at radius 3 is 2.59 bits per heavy atom. The number of alkyl halides is 3. The number of carbonyl (C=O) groups excluding carboxylic acids is 2. The number of H-pyrrole nitrogens is 1. The number of nitrogens with zero attached hydrogens (tertiary/aromatic N) is 5. The van der Waals surface area contributed by atoms with Crippen molar-refractivity contribution in [3.8, 4) is 16.9 Å². The molecule has 2 aromatic carbocycles. The number of hydrogen-bond acceptors (Lipinski definition) is 10. The summed E-state index contributed by atoms with van der Waals surface area (Å²) in [4.78, 5) is 41.2. The van der Waals surface area contributed by atoms with Crippen LogP contribution in [0.4, 0.5) is 29.3 Å². The highest BCUT2D eigenvalue weighted by molar-refractivity contribution is 7.92. The van der Waals surface area contributed by atoms with Gasteiger partial charge in [-0.05, 0) is 59.3 Å². The van der Waals surface area contributed by atoms with Gasteiger partial charge in [0.15, 0.2) is 0 Å². The first-order chi connectivity index (χ1) is 23.1. The predicted molar refractivity (Wildman–Crippen MR) is 169 cm³/mol. The van der Waals surface area contributed by atoms with Crippen molar-refractivity contribution in [3.05, 3.63) is 83.6 Å². The molecular formula is C28H25ClF3N9O7S. The van der Waals surface area contributed by atoms with Gasteiger partial charge in [0.05, 0.1) is 42.2 Å². The van der Waals surface area contributed by atoms with E-state index >= 15 is 0 Å². The highest BCUT2D eigenvalue weighted by Crippen LogP contribution is 2.32. The zero-order valence-electron chi connectivity index (χ0n) is 25.0. The fourth-order valence-corrected chi connectivity index (χ4v) is 5.32. The molecule has 1 atom stereocenters. The van der Waals surface area contributed by atoms with Gasteiger partial charge in [-0.25, -0.2) is 23.0 Å². The molecule has 4 aromatic rings. The molecule has 258 valence electrons. The number of sulfonamides is 1. The summed E-state index contributed by atoms with van der Waals surface area (Å²) in [6.07, 6.45) is 3.53. The number of amides is 2. The molecule has 0 saturated heterocycles. The molecule has 1 aliphatic rings. The second-order valence-corrected chi connectivity index (χ2v) is 12.0. The fraction of sp³-hybridized carbons (Fsp3) is 0.179. The number of aromatic amines is 1. The number of aliphatic carboxylic acids is 1. The van der Waals surface area contributed by atoms with Crippen LogP contribution in [0.15, 0.2) is 67.2 Å². The van der Waals surface area contributed by atoms with Gasteiger partial charge in [-0.15, -0.1) is 5.10 Å². The summed E-state index contributed by atoms with van der Waals surface area (Å²) >= 11 is 6.17. The molecule has 3 heterocycles. The molecule has 21 heteroatoms. The molecule has 0 unspecified atom stereocenters. The predicted octanol–water partition coefficient (Wildman–Crippen LogP) is 4.09. The fourth-order valence-electron chi connectivity index (χ4n) is 4.16. The molecule has 0 saturated carbocycles. The highest BCUT2D eigenvalue weighted by atomic mass is 35.5. The molecule has 16 nitrogen and oxygen atoms in total. The highest BCUT2D eigenvalue weighted by Gasteiger charge is 2.38. The molecule has 2 aromatic heterocycles. The Morgan fingerprint density at radius 2 is 1.92 bits per heavy atom. The summed E-state index contributed by atoms with van der Waals surface area (Å²) in [5, 5.41) is 24.2. The van der Waals surface area contributed by atoms with Gasteiger partial charge in [-0.1, -0.05) is 23.8 Å². The van der Waals surface area contributed by atoms with E-state index < -0.39 is 40.2 Å². The monoisotopic (exact) mass is 723 g/mol. The third kappa shape index (κ3) is 10.1. The van der Waals surface area contributed by atoms with Crippen molar-refractivity contribution in [2.24, 2.45) is 0 Å². The van der Waals surface area contributed by atoms with Crippen LogP contribution in [0.5, 0.6) is 0 Å². The number of benzene rings is 2. The van der Waals surface area contributed by atoms with Gasteiger partial charge in [0.2, 0.25) is 15.9 Å². The zero-order chi connectivity index (χ0) is 35.8. The lowest BCUT2D eigenvalue weighted by molar-refractivity contribution is -0.192. The molecule has 2 amide bonds. The Morgan fingerprint density at radius 1 is 1.16 bits per heavy atom. The molecule has 5 N–H and O–H groups in total. The first kappa shape index (κ1) is 36.1. The molecule has 1 aliphatic heterocycles. The van der Waals surface area contributed by atoms with Crippen molar-refractivity contribution in [1.29, 1.82) is 0 Å². The average Bonchev–Trinajstić information content (AvgIpc) is 3.74. The molecule has 49 heavy (non-hydrogen) atoms. The Bertz CT molecular complexity index is 2000. The van der Waals surface area contributed by atoms with E-state index in [0.29, 0.717) is 39.0 Å². The average molecular weight is 724 g/mol. The van der Waals surface area contributed by atoms with Crippen molar-refractivity contribution in [3.63, 3.8) is 0 Å². The van der Waals surface area contributed by atoms with Crippen LogP contribution in [0.3, 0.4) is 0 Å². The van der Waals surface area contributed by atoms with Gasteiger partial charge in [-0.3, -0.25) is 14.8 Å². The topological polar surface area (TPSA) is 223 Å². The SMILES string of the molecule is COC(=O)Nc1ccc2c(c1)NS(=O)(=O)C/C=C/C[C@H](NC(=O)/C=C/c1cc(Cl)ccc1-n1cnnn1)c1ncc-2[nH]1.O=C(O)C(F)(F)F. The second kappa shape index (κ2) is 15.4. The number of anilines is 2. The minimum absolute atomic E-state index is 0.219. The van der Waals surface area contributed by atoms with Gasteiger partial charge < -0.3 is 20.1 Å². The van der Waals surface area contributed by atoms with E-state index in [2.05, 4.69) is 45.6 Å². The molecular weight excluding hydrogens is 699 g/mol. The van der Waals surface area contributed by atoms with E-state index in [1.165, 1.54) is 42.5 Å². The summed E-state index contributed by atoms with van der Waals surface area (Å²) in [7, 11) is -2.57. The second-order valence-electron chi connectivity index (χ2n) is 9.80. The number of hydrogen-bond donors (Lipinski definition) is 5. The largest absolute Gasteiger partial charge is 0.490 e. The Hall–Kier alpha value is -5.76. The first-order valence-electron chi connectivity index (χ1n) is 13.7. The van der Waals surface area contributed by atoms with Gasteiger partial charge in [-0.2, -0.15) is 17.9 Å². The molecule has 0 spiro atoms. The summed E-state index contributed by atoms with van der Waals surface area (Å²) in [5.41, 5.74) is 2.76. The molecule has 0 aliphatic carbocycles. The van der Waals surface area contributed by atoms with E-state index in [4.69, 9.17) is 21.5 Å². The number of nitrogens with one attached hydrogen (secondary N) is 4. The van der Waals surface area contributed by atoms with Crippen molar-refractivity contribution in [1.82, 2.24) is 35.5 Å². The summed E-state index contributed by atoms with van der Waals surface area (Å²) < 4.78 is 66.0. The van der Waals surface area contributed by atoms with E-state index in [-0.39, 0.29) is 17.9 Å². The number of ether oxygens (including phenoxy) is 1. The van der Waals surface area contributed by atoms with Crippen LogP contribution in [0, 0.1) is 0 Å². The number of methoxy groups -OCH3 is 1. The standard InChI is InChI=1S/C26H24ClN9O5S.C2HF3O2/c1-41-26(38)30-18-7-8-19-21(13-18)33-42(39,40)11-3-2-4-20(25-28-14-22(19)32-25)31-24(37)10-5-16-12-17(27)6-9-23(16)36-15-29-34-35-36;3-2(4,5)1(6)7/h2-3,5-10,12-15,20,33H,4,11H2,1H3,(H,28,32)(H,30,38)(H,31,37);(H,6,7)/b3-2+,10-5+;/t20-;/m0./s1. The number of imidazole rings is 1. The van der Waals surface area contributed by atoms with E-state index in [9.17, 15) is 31.2 Å². The quantitative estimate of drug-likeness (QED) is 0.146. The van der Waals surface area contributed by atoms with E-state index in [1.54, 1.807) is 42.5 Å². The van der Waals surface area contributed by atoms with Gasteiger partial charge in [0.1, 0.15) is 12.2 Å². The third-order valence-corrected chi connectivity index (χ3v) is 7.74. The molecule has 5 rings (SSSR count). The van der Waals surface area contributed by atoms with Gasteiger partial charge in [0.25, 0.3) is 0 Å². The summed E-state index contributed by atoms with van der Waals surface area (Å²) in [6, 6.07) is 9.19. The van der Waals surface area contributed by atoms with E-state index in [1.807, 2.05) is 0 Å². The van der Waals surface area contributed by atoms with Crippen molar-refractivity contribution >= 4 is 57.0 Å². The lowest BCUT2D eigenvalue weighted by atomic mass is 10.1. The molecule has 0 radical (unpaired) electrons. The van der Waals surface area contributed by atoms with Crippen LogP contribution < -0.4 is 15.4 Å². The van der Waals surface area contributed by atoms with Gasteiger partial charge in [0, 0.05) is 27.9 Å². The number of tetrazole rings is 1. The molecule has 2 bridgehead atoms. The lowest BCUT2D eigenvalue weighted by Gasteiger charge is -2.16. The van der Waals surface area contributed by atoms with Crippen LogP contribution in [0.1, 0.15) is 23.9 Å². The van der Waals surface area contributed by atoms with Crippen molar-refractivity contribution in [2.75, 3.05) is 22.9 Å². The van der Waals surface area contributed by atoms with Crippen molar-refractivity contribution < 1.29 is 45.8 Å². The Kier molecular flexibility index (Phi) is 11.4. The zero-order valence-corrected chi connectivity index (χ0v) is 26.5. The summed E-state index contributed by atoms with van der Waals surface area (Å²) in [5.74, 6) is -3.03. The van der Waals surface area contributed by atoms with Crippen LogP contribution in [0.25, 0.3) is 23.0 Å². The maximum atomic E-state index is 13.0. The minimum Gasteiger partial charge on any atom is -0.475 e. The maximum absolute atomic E-state index is 13.0. The molecule has 0 fully saturated rings. The number of halogens is 4. The minimum atomic E-state index is -5.08. The number of aromatic nitrogens is 6. The number of carboxylic acids is 1. The normalized spacial score (nSPS) is 16.0. The van der Waals surface area contributed by atoms with Gasteiger partial charge >= 0.3 is 18.2 Å². The Labute approximate surface area is 280 Å².